The van der Waals surface area contributed by atoms with Crippen LogP contribution in [0, 0.1) is 11.8 Å². The molecule has 4 unspecified atom stereocenters. The van der Waals surface area contributed by atoms with Gasteiger partial charge >= 0.3 is 29.8 Å². The smallest absolute Gasteiger partial charge is 0.344 e. The lowest BCUT2D eigenvalue weighted by molar-refractivity contribution is -0.374. The van der Waals surface area contributed by atoms with Gasteiger partial charge in [-0.15, -0.1) is 0 Å². The number of carboxylic acids is 3. The fourth-order valence-electron chi connectivity index (χ4n) is 5.70. The normalized spacial score (nSPS) is 31.3. The average Bonchev–Trinajstić information content (AvgIpc) is 3.18. The van der Waals surface area contributed by atoms with E-state index in [1.165, 1.54) is 13.8 Å². The number of aliphatic hydroxyl groups excluding tert-OH is 1. The maximum Gasteiger partial charge on any atom is 0.344 e. The van der Waals surface area contributed by atoms with Gasteiger partial charge in [-0.1, -0.05) is 57.7 Å². The molecule has 1 aromatic rings. The molecular formula is C30H38O14. The quantitative estimate of drug-likeness (QED) is 0.146. The predicted octanol–water partition coefficient (Wildman–Crippen LogP) is 1.30. The van der Waals surface area contributed by atoms with Crippen LogP contribution in [0.1, 0.15) is 52.5 Å². The van der Waals surface area contributed by atoms with Crippen LogP contribution < -0.4 is 0 Å². The highest BCUT2D eigenvalue weighted by Crippen LogP contribution is 2.56. The summed E-state index contributed by atoms with van der Waals surface area (Å²) in [6, 6.07) is 9.28. The van der Waals surface area contributed by atoms with Crippen LogP contribution in [0.5, 0.6) is 0 Å². The van der Waals surface area contributed by atoms with Crippen molar-refractivity contribution in [3.8, 4) is 0 Å². The van der Waals surface area contributed by atoms with Crippen LogP contribution in [-0.2, 0) is 49.3 Å². The second-order valence-electron chi connectivity index (χ2n) is 11.3. The predicted molar refractivity (Wildman–Crippen MR) is 148 cm³/mol. The van der Waals surface area contributed by atoms with Crippen molar-refractivity contribution >= 4 is 29.8 Å². The molecule has 44 heavy (non-hydrogen) atoms. The molecule has 9 atom stereocenters. The molecule has 0 spiro atoms. The van der Waals surface area contributed by atoms with Gasteiger partial charge in [0.25, 0.3) is 0 Å². The number of carbonyl (C=O) groups is 5. The topological polar surface area (TPSA) is 223 Å². The van der Waals surface area contributed by atoms with E-state index in [1.54, 1.807) is 13.8 Å². The van der Waals surface area contributed by atoms with E-state index in [1.807, 2.05) is 30.3 Å². The van der Waals surface area contributed by atoms with Crippen LogP contribution in [0.4, 0.5) is 0 Å². The first-order valence-corrected chi connectivity index (χ1v) is 14.1. The Morgan fingerprint density at radius 2 is 1.66 bits per heavy atom. The summed E-state index contributed by atoms with van der Waals surface area (Å²) >= 11 is 0. The summed E-state index contributed by atoms with van der Waals surface area (Å²) in [5.41, 5.74) is -6.19. The molecule has 3 rings (SSSR count). The summed E-state index contributed by atoms with van der Waals surface area (Å²) in [5.74, 6) is -12.1. The zero-order valence-corrected chi connectivity index (χ0v) is 24.8. The Labute approximate surface area is 253 Å². The van der Waals surface area contributed by atoms with Gasteiger partial charge in [-0.3, -0.25) is 9.59 Å². The number of esters is 2. The summed E-state index contributed by atoms with van der Waals surface area (Å²) in [4.78, 5) is 62.2. The van der Waals surface area contributed by atoms with Gasteiger partial charge in [-0.05, 0) is 30.4 Å². The Bertz CT molecular complexity index is 1300. The Balaban J connectivity index is 2.04. The van der Waals surface area contributed by atoms with Gasteiger partial charge in [0.1, 0.15) is 12.2 Å². The van der Waals surface area contributed by atoms with Gasteiger partial charge in [0, 0.05) is 19.3 Å². The first kappa shape index (κ1) is 34.6. The van der Waals surface area contributed by atoms with E-state index in [2.05, 4.69) is 6.58 Å². The number of aliphatic hydroxyl groups is 2. The van der Waals surface area contributed by atoms with Gasteiger partial charge in [0.15, 0.2) is 6.10 Å². The number of benzene rings is 1. The number of carbonyl (C=O) groups excluding carboxylic acids is 2. The highest BCUT2D eigenvalue weighted by molar-refractivity contribution is 5.98. The van der Waals surface area contributed by atoms with Crippen molar-refractivity contribution in [2.75, 3.05) is 0 Å². The van der Waals surface area contributed by atoms with E-state index < -0.39 is 83.6 Å². The molecule has 2 fully saturated rings. The molecule has 1 aromatic carbocycles. The zero-order chi connectivity index (χ0) is 33.2. The number of hydrogen-bond donors (Lipinski definition) is 5. The van der Waals surface area contributed by atoms with Crippen molar-refractivity contribution in [3.63, 3.8) is 0 Å². The molecule has 0 radical (unpaired) electrons. The Morgan fingerprint density at radius 1 is 1.05 bits per heavy atom. The van der Waals surface area contributed by atoms with E-state index in [0.29, 0.717) is 6.42 Å². The van der Waals surface area contributed by atoms with Gasteiger partial charge < -0.3 is 44.5 Å². The highest BCUT2D eigenvalue weighted by Gasteiger charge is 2.85. The van der Waals surface area contributed by atoms with E-state index >= 15 is 0 Å². The number of fused-ring (bicyclic) bond motifs is 2. The van der Waals surface area contributed by atoms with Crippen LogP contribution in [-0.4, -0.2) is 96.8 Å². The summed E-state index contributed by atoms with van der Waals surface area (Å²) in [7, 11) is 0. The molecule has 0 aliphatic carbocycles. The van der Waals surface area contributed by atoms with Crippen molar-refractivity contribution in [2.24, 2.45) is 11.8 Å². The molecule has 2 aliphatic rings. The molecule has 2 bridgehead atoms. The zero-order valence-electron chi connectivity index (χ0n) is 24.8. The Kier molecular flexibility index (Phi) is 10.3. The van der Waals surface area contributed by atoms with Crippen molar-refractivity contribution in [3.05, 3.63) is 48.0 Å². The molecular weight excluding hydrogens is 584 g/mol. The molecule has 0 aromatic heterocycles. The van der Waals surface area contributed by atoms with Crippen molar-refractivity contribution in [1.29, 1.82) is 0 Å². The minimum atomic E-state index is -3.87. The third kappa shape index (κ3) is 5.94. The summed E-state index contributed by atoms with van der Waals surface area (Å²) in [6.07, 6.45) is -8.51. The molecule has 2 aliphatic heterocycles. The second kappa shape index (κ2) is 13.0. The minimum Gasteiger partial charge on any atom is -0.479 e. The number of rotatable bonds is 14. The molecule has 2 heterocycles. The number of aliphatic carboxylic acids is 3. The molecule has 5 N–H and O–H groups in total. The van der Waals surface area contributed by atoms with E-state index in [-0.39, 0.29) is 24.3 Å². The van der Waals surface area contributed by atoms with Crippen LogP contribution in [0.3, 0.4) is 0 Å². The van der Waals surface area contributed by atoms with Crippen molar-refractivity contribution < 1.29 is 68.5 Å². The average molecular weight is 623 g/mol. The first-order valence-electron chi connectivity index (χ1n) is 14.1. The van der Waals surface area contributed by atoms with E-state index in [9.17, 15) is 49.5 Å². The fraction of sp³-hybridized carbons (Fsp3) is 0.567. The molecule has 2 saturated heterocycles. The SMILES string of the molecule is C=C(CCC12OC(C(=O)O)C(O)(C(=O)O)C(C(=O)O)(O1)[C@H](OC(=O)[C@@H](C)CC)[C@H]2O)[C@@H](OC(C)=O)[C@H](C)Cc1ccccc1. The van der Waals surface area contributed by atoms with Crippen LogP contribution >= 0.6 is 0 Å². The Morgan fingerprint density at radius 3 is 2.16 bits per heavy atom. The van der Waals surface area contributed by atoms with Crippen molar-refractivity contribution in [1.82, 2.24) is 0 Å². The largest absolute Gasteiger partial charge is 0.479 e. The molecule has 14 nitrogen and oxygen atoms in total. The van der Waals surface area contributed by atoms with Gasteiger partial charge in [0.05, 0.1) is 5.92 Å². The molecule has 242 valence electrons. The first-order chi connectivity index (χ1) is 20.5. The summed E-state index contributed by atoms with van der Waals surface area (Å²) < 4.78 is 21.9. The summed E-state index contributed by atoms with van der Waals surface area (Å²) in [5, 5.41) is 52.9. The lowest BCUT2D eigenvalue weighted by Gasteiger charge is -2.48. The minimum absolute atomic E-state index is 0.212. The standard InChI is InChI=1S/C30H38O14/c1-6-15(2)25(35)42-22-21(32)28(43-23(24(33)34)29(40,26(36)37)30(22,44-28)27(38)39)13-12-16(3)20(41-18(5)31)17(4)14-19-10-8-7-9-11-19/h7-11,15,17,20-23,32,40H,3,6,12-14H2,1-2,4-5H3,(H,33,34)(H,36,37)(H,38,39)/t15-,17+,20+,21+,22+,23?,28?,29?,30?/m0/s1. The van der Waals surface area contributed by atoms with Gasteiger partial charge in [-0.25, -0.2) is 14.4 Å². The fourth-order valence-corrected chi connectivity index (χ4v) is 5.70. The van der Waals surface area contributed by atoms with Gasteiger partial charge in [0.2, 0.25) is 23.1 Å². The summed E-state index contributed by atoms with van der Waals surface area (Å²) in [6.45, 7) is 10.0. The molecule has 0 saturated carbocycles. The van der Waals surface area contributed by atoms with E-state index in [4.69, 9.17) is 18.9 Å². The van der Waals surface area contributed by atoms with Crippen LogP contribution in [0.2, 0.25) is 0 Å². The Hall–Kier alpha value is -3.85. The maximum atomic E-state index is 12.8. The lowest BCUT2D eigenvalue weighted by Crippen LogP contribution is -2.78. The molecule has 14 heteroatoms. The molecule has 0 amide bonds. The van der Waals surface area contributed by atoms with Gasteiger partial charge in [-0.2, -0.15) is 0 Å². The number of carboxylic acid groups (broad SMARTS) is 3. The number of hydrogen-bond acceptors (Lipinski definition) is 11. The van der Waals surface area contributed by atoms with Crippen LogP contribution in [0.25, 0.3) is 0 Å². The van der Waals surface area contributed by atoms with Crippen LogP contribution in [0.15, 0.2) is 42.5 Å². The third-order valence-electron chi connectivity index (χ3n) is 8.27. The highest BCUT2D eigenvalue weighted by atomic mass is 16.8. The van der Waals surface area contributed by atoms with Crippen molar-refractivity contribution in [2.45, 2.75) is 94.8 Å². The van der Waals surface area contributed by atoms with E-state index in [0.717, 1.165) is 5.56 Å². The monoisotopic (exact) mass is 622 g/mol. The number of ether oxygens (including phenoxy) is 4. The second-order valence-corrected chi connectivity index (χ2v) is 11.3. The third-order valence-corrected chi connectivity index (χ3v) is 8.27. The lowest BCUT2D eigenvalue weighted by atomic mass is 9.74. The maximum absolute atomic E-state index is 12.8.